The highest BCUT2D eigenvalue weighted by Gasteiger charge is 2.19. The van der Waals surface area contributed by atoms with Gasteiger partial charge in [-0.15, -0.1) is 0 Å². The molecular weight excluding hydrogens is 278 g/mol. The second-order valence-electron chi connectivity index (χ2n) is 5.74. The van der Waals surface area contributed by atoms with Gasteiger partial charge >= 0.3 is 0 Å². The quantitative estimate of drug-likeness (QED) is 0.811. The Kier molecular flexibility index (Phi) is 5.08. The molecule has 0 aromatic heterocycles. The minimum atomic E-state index is 0.140. The summed E-state index contributed by atoms with van der Waals surface area (Å²) < 4.78 is 0. The molecule has 2 aromatic carbocycles. The van der Waals surface area contributed by atoms with E-state index in [1.807, 2.05) is 0 Å². The van der Waals surface area contributed by atoms with E-state index in [1.54, 1.807) is 0 Å². The molecule has 1 nitrogen and oxygen atoms in total. The molecule has 0 aliphatic carbocycles. The third-order valence-electron chi connectivity index (χ3n) is 4.29. The van der Waals surface area contributed by atoms with Crippen LogP contribution in [-0.2, 0) is 0 Å². The zero-order chi connectivity index (χ0) is 15.6. The molecule has 1 N–H and O–H groups in total. The fourth-order valence-electron chi connectivity index (χ4n) is 2.70. The highest BCUT2D eigenvalue weighted by Crippen LogP contribution is 2.32. The lowest BCUT2D eigenvalue weighted by molar-refractivity contribution is 0.627. The molecule has 1 unspecified atom stereocenters. The van der Waals surface area contributed by atoms with Crippen molar-refractivity contribution in [3.8, 4) is 0 Å². The molecule has 112 valence electrons. The van der Waals surface area contributed by atoms with Gasteiger partial charge < -0.3 is 5.32 Å². The third-order valence-corrected chi connectivity index (χ3v) is 4.62. The summed E-state index contributed by atoms with van der Waals surface area (Å²) in [5.41, 5.74) is 7.63. The van der Waals surface area contributed by atoms with Gasteiger partial charge in [0.1, 0.15) is 0 Å². The smallest absolute Gasteiger partial charge is 0.0594 e. The third kappa shape index (κ3) is 3.30. The fourth-order valence-corrected chi connectivity index (χ4v) is 3.03. The van der Waals surface area contributed by atoms with Crippen LogP contribution in [0.25, 0.3) is 0 Å². The van der Waals surface area contributed by atoms with Crippen LogP contribution in [0.4, 0.5) is 0 Å². The second-order valence-corrected chi connectivity index (χ2v) is 6.15. The Bertz CT molecular complexity index is 646. The Morgan fingerprint density at radius 3 is 2.29 bits per heavy atom. The summed E-state index contributed by atoms with van der Waals surface area (Å²) in [7, 11) is 0. The standard InChI is InChI=1S/C19H24ClN/c1-6-21-19(16-9-7-8-12(2)15(16)5)17-10-13(3)14(4)11-18(17)20/h7-11,19,21H,6H2,1-5H3. The number of halogens is 1. The Labute approximate surface area is 133 Å². The molecule has 0 heterocycles. The summed E-state index contributed by atoms with van der Waals surface area (Å²) in [5.74, 6) is 0. The lowest BCUT2D eigenvalue weighted by Crippen LogP contribution is -2.23. The van der Waals surface area contributed by atoms with Crippen molar-refractivity contribution in [2.45, 2.75) is 40.7 Å². The van der Waals surface area contributed by atoms with Crippen molar-refractivity contribution < 1.29 is 0 Å². The summed E-state index contributed by atoms with van der Waals surface area (Å²) in [6.45, 7) is 11.6. The van der Waals surface area contributed by atoms with Crippen LogP contribution < -0.4 is 5.32 Å². The maximum atomic E-state index is 6.53. The van der Waals surface area contributed by atoms with Crippen LogP contribution in [0.15, 0.2) is 30.3 Å². The zero-order valence-electron chi connectivity index (χ0n) is 13.5. The van der Waals surface area contributed by atoms with Gasteiger partial charge in [0, 0.05) is 5.02 Å². The van der Waals surface area contributed by atoms with Crippen molar-refractivity contribution in [2.24, 2.45) is 0 Å². The number of aryl methyl sites for hydroxylation is 3. The molecule has 0 saturated carbocycles. The minimum Gasteiger partial charge on any atom is -0.306 e. The molecule has 0 saturated heterocycles. The normalized spacial score (nSPS) is 12.5. The van der Waals surface area contributed by atoms with E-state index in [1.165, 1.54) is 27.8 Å². The van der Waals surface area contributed by atoms with Crippen molar-refractivity contribution >= 4 is 11.6 Å². The van der Waals surface area contributed by atoms with E-state index < -0.39 is 0 Å². The maximum Gasteiger partial charge on any atom is 0.0594 e. The van der Waals surface area contributed by atoms with Crippen molar-refractivity contribution in [1.82, 2.24) is 5.32 Å². The van der Waals surface area contributed by atoms with Gasteiger partial charge in [0.25, 0.3) is 0 Å². The van der Waals surface area contributed by atoms with E-state index in [2.05, 4.69) is 70.3 Å². The Balaban J connectivity index is 2.59. The number of hydrogen-bond acceptors (Lipinski definition) is 1. The Morgan fingerprint density at radius 2 is 1.62 bits per heavy atom. The van der Waals surface area contributed by atoms with Crippen LogP contribution in [0, 0.1) is 27.7 Å². The zero-order valence-corrected chi connectivity index (χ0v) is 14.3. The molecule has 1 atom stereocenters. The molecule has 0 fully saturated rings. The van der Waals surface area contributed by atoms with Crippen LogP contribution in [0.1, 0.15) is 46.3 Å². The van der Waals surface area contributed by atoms with Gasteiger partial charge in [0.15, 0.2) is 0 Å². The average Bonchev–Trinajstić information content (AvgIpc) is 2.44. The van der Waals surface area contributed by atoms with Gasteiger partial charge in [-0.25, -0.2) is 0 Å². The first-order valence-corrected chi connectivity index (χ1v) is 7.89. The average molecular weight is 302 g/mol. The van der Waals surface area contributed by atoms with Crippen molar-refractivity contribution in [1.29, 1.82) is 0 Å². The lowest BCUT2D eigenvalue weighted by Gasteiger charge is -2.24. The number of nitrogens with one attached hydrogen (secondary N) is 1. The van der Waals surface area contributed by atoms with Crippen LogP contribution >= 0.6 is 11.6 Å². The SMILES string of the molecule is CCNC(c1cc(C)c(C)cc1Cl)c1cccc(C)c1C. The number of benzene rings is 2. The van der Waals surface area contributed by atoms with E-state index in [0.29, 0.717) is 0 Å². The number of hydrogen-bond donors (Lipinski definition) is 1. The Hall–Kier alpha value is -1.31. The van der Waals surface area contributed by atoms with E-state index in [-0.39, 0.29) is 6.04 Å². The van der Waals surface area contributed by atoms with Crippen LogP contribution in [0.5, 0.6) is 0 Å². The first-order chi connectivity index (χ1) is 9.95. The molecule has 0 aliphatic rings. The maximum absolute atomic E-state index is 6.53. The van der Waals surface area contributed by atoms with E-state index >= 15 is 0 Å². The first-order valence-electron chi connectivity index (χ1n) is 7.51. The van der Waals surface area contributed by atoms with Crippen molar-refractivity contribution in [3.05, 3.63) is 68.7 Å². The van der Waals surface area contributed by atoms with E-state index in [0.717, 1.165) is 17.1 Å². The van der Waals surface area contributed by atoms with Gasteiger partial charge in [0.05, 0.1) is 6.04 Å². The monoisotopic (exact) mass is 301 g/mol. The summed E-state index contributed by atoms with van der Waals surface area (Å²) in [6, 6.07) is 10.9. The van der Waals surface area contributed by atoms with Crippen LogP contribution in [0.2, 0.25) is 5.02 Å². The minimum absolute atomic E-state index is 0.140. The molecule has 2 rings (SSSR count). The molecular formula is C19H24ClN. The van der Waals surface area contributed by atoms with Gasteiger partial charge in [-0.1, -0.05) is 42.8 Å². The van der Waals surface area contributed by atoms with E-state index in [9.17, 15) is 0 Å². The molecule has 0 amide bonds. The summed E-state index contributed by atoms with van der Waals surface area (Å²) in [6.07, 6.45) is 0. The summed E-state index contributed by atoms with van der Waals surface area (Å²) >= 11 is 6.53. The molecule has 0 bridgehead atoms. The molecule has 0 spiro atoms. The molecule has 2 aromatic rings. The largest absolute Gasteiger partial charge is 0.306 e. The topological polar surface area (TPSA) is 12.0 Å². The van der Waals surface area contributed by atoms with Gasteiger partial charge in [-0.05, 0) is 73.7 Å². The van der Waals surface area contributed by atoms with Crippen LogP contribution in [0.3, 0.4) is 0 Å². The lowest BCUT2D eigenvalue weighted by atomic mass is 9.91. The second kappa shape index (κ2) is 6.64. The van der Waals surface area contributed by atoms with Gasteiger partial charge in [0.2, 0.25) is 0 Å². The predicted octanol–water partition coefficient (Wildman–Crippen LogP) is 5.27. The van der Waals surface area contributed by atoms with Crippen LogP contribution in [-0.4, -0.2) is 6.54 Å². The van der Waals surface area contributed by atoms with Crippen molar-refractivity contribution in [3.63, 3.8) is 0 Å². The molecule has 0 radical (unpaired) electrons. The first kappa shape index (κ1) is 16.1. The van der Waals surface area contributed by atoms with E-state index in [4.69, 9.17) is 11.6 Å². The molecule has 2 heteroatoms. The molecule has 0 aliphatic heterocycles. The number of rotatable bonds is 4. The summed E-state index contributed by atoms with van der Waals surface area (Å²) in [5, 5.41) is 4.42. The molecule has 21 heavy (non-hydrogen) atoms. The van der Waals surface area contributed by atoms with Gasteiger partial charge in [-0.3, -0.25) is 0 Å². The highest BCUT2D eigenvalue weighted by atomic mass is 35.5. The summed E-state index contributed by atoms with van der Waals surface area (Å²) in [4.78, 5) is 0. The predicted molar refractivity (Wildman–Crippen MR) is 92.4 cm³/mol. The van der Waals surface area contributed by atoms with Gasteiger partial charge in [-0.2, -0.15) is 0 Å². The highest BCUT2D eigenvalue weighted by molar-refractivity contribution is 6.31. The Morgan fingerprint density at radius 1 is 0.952 bits per heavy atom. The fraction of sp³-hybridized carbons (Fsp3) is 0.368. The van der Waals surface area contributed by atoms with Crippen molar-refractivity contribution in [2.75, 3.05) is 6.54 Å².